The van der Waals surface area contributed by atoms with Crippen molar-refractivity contribution in [3.8, 4) is 0 Å². The fourth-order valence-corrected chi connectivity index (χ4v) is 2.77. The minimum atomic E-state index is -0.470. The van der Waals surface area contributed by atoms with Gasteiger partial charge in [-0.3, -0.25) is 14.9 Å². The Morgan fingerprint density at radius 3 is 2.48 bits per heavy atom. The van der Waals surface area contributed by atoms with Gasteiger partial charge in [-0.1, -0.05) is 0 Å². The molecule has 2 aromatic rings. The lowest BCUT2D eigenvalue weighted by Crippen LogP contribution is -2.22. The van der Waals surface area contributed by atoms with Crippen LogP contribution in [0, 0.1) is 22.9 Å². The quantitative estimate of drug-likeness (QED) is 0.506. The molecule has 0 saturated heterocycles. The lowest BCUT2D eigenvalue weighted by molar-refractivity contribution is -0.384. The second-order valence-electron chi connectivity index (χ2n) is 4.96. The van der Waals surface area contributed by atoms with Gasteiger partial charge in [0, 0.05) is 22.7 Å². The fraction of sp³-hybridized carbons (Fsp3) is 0.188. The highest BCUT2D eigenvalue weighted by atomic mass is 32.2. The van der Waals surface area contributed by atoms with Gasteiger partial charge in [0.25, 0.3) is 5.69 Å². The molecule has 0 radical (unpaired) electrons. The van der Waals surface area contributed by atoms with Gasteiger partial charge in [0.2, 0.25) is 5.91 Å². The minimum Gasteiger partial charge on any atom is -0.325 e. The van der Waals surface area contributed by atoms with Crippen LogP contribution in [0.15, 0.2) is 47.4 Å². The third kappa shape index (κ3) is 4.53. The van der Waals surface area contributed by atoms with Crippen LogP contribution in [0.2, 0.25) is 0 Å². The number of rotatable bonds is 5. The maximum absolute atomic E-state index is 13.1. The first-order valence-corrected chi connectivity index (χ1v) is 7.73. The Balaban J connectivity index is 2.00. The average Bonchev–Trinajstić information content (AvgIpc) is 2.50. The highest BCUT2D eigenvalue weighted by molar-refractivity contribution is 8.00. The number of halogens is 1. The molecule has 23 heavy (non-hydrogen) atoms. The molecular formula is C16H15FN2O3S. The number of carbonyl (C=O) groups is 1. The van der Waals surface area contributed by atoms with E-state index in [1.165, 1.54) is 42.1 Å². The summed E-state index contributed by atoms with van der Waals surface area (Å²) < 4.78 is 13.1. The molecule has 2 rings (SSSR count). The second kappa shape index (κ2) is 7.23. The van der Waals surface area contributed by atoms with Crippen LogP contribution < -0.4 is 5.32 Å². The Bertz CT molecular complexity index is 735. The Labute approximate surface area is 137 Å². The number of nitro groups is 1. The van der Waals surface area contributed by atoms with E-state index >= 15 is 0 Å². The first kappa shape index (κ1) is 17.0. The van der Waals surface area contributed by atoms with E-state index in [2.05, 4.69) is 5.32 Å². The predicted molar refractivity (Wildman–Crippen MR) is 88.2 cm³/mol. The summed E-state index contributed by atoms with van der Waals surface area (Å²) in [6.45, 7) is 3.45. The largest absolute Gasteiger partial charge is 0.325 e. The SMILES string of the molecule is Cc1cc(F)ccc1NC(=O)C(C)Sc1ccc([N+](=O)[O-])cc1. The number of hydrogen-bond donors (Lipinski definition) is 1. The highest BCUT2D eigenvalue weighted by Gasteiger charge is 2.16. The molecule has 0 aliphatic heterocycles. The number of amides is 1. The number of nitro benzene ring substituents is 1. The minimum absolute atomic E-state index is 0.00777. The summed E-state index contributed by atoms with van der Waals surface area (Å²) in [6.07, 6.45) is 0. The number of anilines is 1. The Morgan fingerprint density at radius 2 is 1.91 bits per heavy atom. The third-order valence-corrected chi connectivity index (χ3v) is 4.29. The van der Waals surface area contributed by atoms with Crippen LogP contribution in [0.5, 0.6) is 0 Å². The van der Waals surface area contributed by atoms with E-state index in [1.54, 1.807) is 26.0 Å². The number of thioether (sulfide) groups is 1. The number of nitrogens with one attached hydrogen (secondary N) is 1. The molecule has 2 aromatic carbocycles. The first-order valence-electron chi connectivity index (χ1n) is 6.85. The summed E-state index contributed by atoms with van der Waals surface area (Å²) >= 11 is 1.29. The van der Waals surface area contributed by atoms with Gasteiger partial charge < -0.3 is 5.32 Å². The van der Waals surface area contributed by atoms with Crippen molar-refractivity contribution in [3.05, 3.63) is 64.0 Å². The number of carbonyl (C=O) groups excluding carboxylic acids is 1. The molecule has 1 amide bonds. The molecule has 1 unspecified atom stereocenters. The number of aryl methyl sites for hydroxylation is 1. The van der Waals surface area contributed by atoms with Crippen molar-refractivity contribution >= 4 is 29.0 Å². The van der Waals surface area contributed by atoms with E-state index < -0.39 is 10.2 Å². The third-order valence-electron chi connectivity index (χ3n) is 3.18. The number of benzene rings is 2. The van der Waals surface area contributed by atoms with Crippen molar-refractivity contribution in [3.63, 3.8) is 0 Å². The van der Waals surface area contributed by atoms with Crippen LogP contribution in [-0.4, -0.2) is 16.1 Å². The molecule has 1 atom stereocenters. The highest BCUT2D eigenvalue weighted by Crippen LogP contribution is 2.26. The van der Waals surface area contributed by atoms with E-state index in [9.17, 15) is 19.3 Å². The Hall–Kier alpha value is -2.41. The molecule has 0 aliphatic carbocycles. The standard InChI is InChI=1S/C16H15FN2O3S/c1-10-9-12(17)3-8-15(10)18-16(20)11(2)23-14-6-4-13(5-7-14)19(21)22/h3-9,11H,1-2H3,(H,18,20). The van der Waals surface area contributed by atoms with E-state index in [0.29, 0.717) is 11.3 Å². The molecule has 0 spiro atoms. The van der Waals surface area contributed by atoms with Crippen molar-refractivity contribution < 1.29 is 14.1 Å². The zero-order valence-electron chi connectivity index (χ0n) is 12.6. The summed E-state index contributed by atoms with van der Waals surface area (Å²) in [7, 11) is 0. The fourth-order valence-electron chi connectivity index (χ4n) is 1.91. The van der Waals surface area contributed by atoms with E-state index in [4.69, 9.17) is 0 Å². The van der Waals surface area contributed by atoms with E-state index in [0.717, 1.165) is 4.90 Å². The smallest absolute Gasteiger partial charge is 0.269 e. The summed E-state index contributed by atoms with van der Waals surface area (Å²) in [6, 6.07) is 10.2. The van der Waals surface area contributed by atoms with Gasteiger partial charge in [-0.05, 0) is 49.7 Å². The van der Waals surface area contributed by atoms with Gasteiger partial charge >= 0.3 is 0 Å². The summed E-state index contributed by atoms with van der Waals surface area (Å²) in [4.78, 5) is 23.1. The average molecular weight is 334 g/mol. The molecule has 0 aromatic heterocycles. The van der Waals surface area contributed by atoms with Gasteiger partial charge in [-0.2, -0.15) is 0 Å². The monoisotopic (exact) mass is 334 g/mol. The molecule has 0 saturated carbocycles. The van der Waals surface area contributed by atoms with Gasteiger partial charge in [0.1, 0.15) is 5.82 Å². The van der Waals surface area contributed by atoms with Crippen LogP contribution in [0.25, 0.3) is 0 Å². The van der Waals surface area contributed by atoms with E-state index in [-0.39, 0.29) is 17.4 Å². The van der Waals surface area contributed by atoms with Crippen LogP contribution in [-0.2, 0) is 4.79 Å². The van der Waals surface area contributed by atoms with E-state index in [1.807, 2.05) is 0 Å². The van der Waals surface area contributed by atoms with Gasteiger partial charge in [-0.25, -0.2) is 4.39 Å². The van der Waals surface area contributed by atoms with Gasteiger partial charge in [0.05, 0.1) is 10.2 Å². The lowest BCUT2D eigenvalue weighted by Gasteiger charge is -2.13. The molecule has 5 nitrogen and oxygen atoms in total. The maximum Gasteiger partial charge on any atom is 0.269 e. The summed E-state index contributed by atoms with van der Waals surface area (Å²) in [5, 5.41) is 13.0. The van der Waals surface area contributed by atoms with Crippen LogP contribution >= 0.6 is 11.8 Å². The number of hydrogen-bond acceptors (Lipinski definition) is 4. The molecule has 7 heteroatoms. The Morgan fingerprint density at radius 1 is 1.26 bits per heavy atom. The normalized spacial score (nSPS) is 11.8. The molecule has 0 fully saturated rings. The molecular weight excluding hydrogens is 319 g/mol. The van der Waals surface area contributed by atoms with Gasteiger partial charge in [0.15, 0.2) is 0 Å². The molecule has 120 valence electrons. The molecule has 0 bridgehead atoms. The maximum atomic E-state index is 13.1. The van der Waals surface area contributed by atoms with Crippen molar-refractivity contribution in [2.24, 2.45) is 0 Å². The van der Waals surface area contributed by atoms with Crippen molar-refractivity contribution in [2.75, 3.05) is 5.32 Å². The molecule has 1 N–H and O–H groups in total. The zero-order chi connectivity index (χ0) is 17.0. The summed E-state index contributed by atoms with van der Waals surface area (Å²) in [5.41, 5.74) is 1.21. The Kier molecular flexibility index (Phi) is 5.33. The van der Waals surface area contributed by atoms with Crippen molar-refractivity contribution in [2.45, 2.75) is 24.0 Å². The van der Waals surface area contributed by atoms with Crippen LogP contribution in [0.4, 0.5) is 15.8 Å². The second-order valence-corrected chi connectivity index (χ2v) is 6.37. The first-order chi connectivity index (χ1) is 10.9. The lowest BCUT2D eigenvalue weighted by atomic mass is 10.2. The number of nitrogens with zero attached hydrogens (tertiary/aromatic N) is 1. The zero-order valence-corrected chi connectivity index (χ0v) is 13.4. The predicted octanol–water partition coefficient (Wildman–Crippen LogP) is 4.16. The van der Waals surface area contributed by atoms with Crippen LogP contribution in [0.1, 0.15) is 12.5 Å². The van der Waals surface area contributed by atoms with Crippen LogP contribution in [0.3, 0.4) is 0 Å². The molecule has 0 aliphatic rings. The topological polar surface area (TPSA) is 72.2 Å². The van der Waals surface area contributed by atoms with Crippen molar-refractivity contribution in [1.29, 1.82) is 0 Å². The van der Waals surface area contributed by atoms with Gasteiger partial charge in [-0.15, -0.1) is 11.8 Å². The number of non-ortho nitro benzene ring substituents is 1. The summed E-state index contributed by atoms with van der Waals surface area (Å²) in [5.74, 6) is -0.572. The molecule has 0 heterocycles. The van der Waals surface area contributed by atoms with Crippen molar-refractivity contribution in [1.82, 2.24) is 0 Å².